The highest BCUT2D eigenvalue weighted by Crippen LogP contribution is 2.17. The molecule has 96 valence electrons. The molecule has 7 nitrogen and oxygen atoms in total. The lowest BCUT2D eigenvalue weighted by Crippen LogP contribution is -2.10. The van der Waals surface area contributed by atoms with Gasteiger partial charge >= 0.3 is 0 Å². The first-order chi connectivity index (χ1) is 8.76. The topological polar surface area (TPSA) is 80.6 Å². The van der Waals surface area contributed by atoms with E-state index in [1.165, 1.54) is 6.33 Å². The third-order valence-electron chi connectivity index (χ3n) is 2.77. The summed E-state index contributed by atoms with van der Waals surface area (Å²) in [6, 6.07) is 0. The quantitative estimate of drug-likeness (QED) is 0.822. The Morgan fingerprint density at radius 3 is 2.78 bits per heavy atom. The fourth-order valence-electron chi connectivity index (χ4n) is 1.72. The standard InChI is InChI=1S/C11H17N7/c1-4-18-7-16-17-9(18)5-13-11-8(2)10(12-3)14-6-15-11/h6-7H,4-5H2,1-3H3,(H2,12,13,14,15). The van der Waals surface area contributed by atoms with Gasteiger partial charge in [0.15, 0.2) is 5.82 Å². The largest absolute Gasteiger partial charge is 0.373 e. The van der Waals surface area contributed by atoms with Crippen LogP contribution in [0.3, 0.4) is 0 Å². The van der Waals surface area contributed by atoms with Gasteiger partial charge < -0.3 is 15.2 Å². The summed E-state index contributed by atoms with van der Waals surface area (Å²) in [7, 11) is 1.84. The van der Waals surface area contributed by atoms with Gasteiger partial charge in [0, 0.05) is 19.2 Å². The molecule has 0 spiro atoms. The number of hydrogen-bond acceptors (Lipinski definition) is 6. The van der Waals surface area contributed by atoms with Crippen LogP contribution in [-0.2, 0) is 13.1 Å². The van der Waals surface area contributed by atoms with Gasteiger partial charge in [0.2, 0.25) is 0 Å². The predicted octanol–water partition coefficient (Wildman–Crippen LogP) is 1.05. The van der Waals surface area contributed by atoms with Gasteiger partial charge in [-0.1, -0.05) is 0 Å². The van der Waals surface area contributed by atoms with Crippen molar-refractivity contribution in [1.82, 2.24) is 24.7 Å². The second-order valence-corrected chi connectivity index (χ2v) is 3.83. The highest BCUT2D eigenvalue weighted by Gasteiger charge is 2.07. The van der Waals surface area contributed by atoms with Gasteiger partial charge in [-0.3, -0.25) is 0 Å². The molecule has 0 atom stereocenters. The number of rotatable bonds is 5. The molecule has 7 heteroatoms. The van der Waals surface area contributed by atoms with E-state index in [9.17, 15) is 0 Å². The second-order valence-electron chi connectivity index (χ2n) is 3.83. The third-order valence-corrected chi connectivity index (χ3v) is 2.77. The van der Waals surface area contributed by atoms with E-state index in [1.54, 1.807) is 6.33 Å². The van der Waals surface area contributed by atoms with Crippen LogP contribution in [0.5, 0.6) is 0 Å². The molecule has 0 fully saturated rings. The number of aromatic nitrogens is 5. The number of anilines is 2. The van der Waals surface area contributed by atoms with E-state index >= 15 is 0 Å². The van der Waals surface area contributed by atoms with E-state index in [0.717, 1.165) is 29.6 Å². The normalized spacial score (nSPS) is 10.4. The average Bonchev–Trinajstić information content (AvgIpc) is 2.85. The molecule has 0 amide bonds. The maximum absolute atomic E-state index is 4.22. The molecule has 0 saturated heterocycles. The zero-order valence-corrected chi connectivity index (χ0v) is 10.8. The molecule has 2 aromatic rings. The van der Waals surface area contributed by atoms with Crippen LogP contribution >= 0.6 is 0 Å². The van der Waals surface area contributed by atoms with Gasteiger partial charge in [0.25, 0.3) is 0 Å². The van der Waals surface area contributed by atoms with E-state index in [1.807, 2.05) is 18.5 Å². The molecule has 2 heterocycles. The highest BCUT2D eigenvalue weighted by atomic mass is 15.3. The van der Waals surface area contributed by atoms with Crippen molar-refractivity contribution in [2.24, 2.45) is 0 Å². The monoisotopic (exact) mass is 247 g/mol. The first-order valence-electron chi connectivity index (χ1n) is 5.86. The Morgan fingerprint density at radius 2 is 2.06 bits per heavy atom. The van der Waals surface area contributed by atoms with Crippen molar-refractivity contribution in [3.63, 3.8) is 0 Å². The smallest absolute Gasteiger partial charge is 0.152 e. The van der Waals surface area contributed by atoms with Crippen molar-refractivity contribution in [2.75, 3.05) is 17.7 Å². The average molecular weight is 247 g/mol. The zero-order chi connectivity index (χ0) is 13.0. The number of aryl methyl sites for hydroxylation is 1. The van der Waals surface area contributed by atoms with Crippen molar-refractivity contribution in [3.8, 4) is 0 Å². The van der Waals surface area contributed by atoms with Crippen LogP contribution in [0.25, 0.3) is 0 Å². The minimum absolute atomic E-state index is 0.592. The van der Waals surface area contributed by atoms with Gasteiger partial charge in [0.05, 0.1) is 6.54 Å². The predicted molar refractivity (Wildman–Crippen MR) is 69.3 cm³/mol. The fourth-order valence-corrected chi connectivity index (χ4v) is 1.72. The van der Waals surface area contributed by atoms with Crippen LogP contribution in [0, 0.1) is 6.92 Å². The lowest BCUT2D eigenvalue weighted by Gasteiger charge is -2.10. The zero-order valence-electron chi connectivity index (χ0n) is 10.8. The summed E-state index contributed by atoms with van der Waals surface area (Å²) in [5.74, 6) is 2.52. The second kappa shape index (κ2) is 5.44. The molecule has 2 rings (SSSR count). The Kier molecular flexibility index (Phi) is 3.71. The first kappa shape index (κ1) is 12.3. The van der Waals surface area contributed by atoms with Gasteiger partial charge in [-0.15, -0.1) is 10.2 Å². The summed E-state index contributed by atoms with van der Waals surface area (Å²) in [4.78, 5) is 8.36. The molecule has 18 heavy (non-hydrogen) atoms. The summed E-state index contributed by atoms with van der Waals surface area (Å²) in [6.07, 6.45) is 3.26. The van der Waals surface area contributed by atoms with Crippen molar-refractivity contribution in [3.05, 3.63) is 24.0 Å². The van der Waals surface area contributed by atoms with Crippen LogP contribution in [-0.4, -0.2) is 31.8 Å². The van der Waals surface area contributed by atoms with E-state index in [4.69, 9.17) is 0 Å². The molecular weight excluding hydrogens is 230 g/mol. The molecule has 0 aliphatic heterocycles. The molecular formula is C11H17N7. The number of hydrogen-bond donors (Lipinski definition) is 2. The van der Waals surface area contributed by atoms with Crippen LogP contribution in [0.2, 0.25) is 0 Å². The van der Waals surface area contributed by atoms with Gasteiger partial charge in [0.1, 0.15) is 24.3 Å². The van der Waals surface area contributed by atoms with Crippen LogP contribution in [0.15, 0.2) is 12.7 Å². The van der Waals surface area contributed by atoms with E-state index in [0.29, 0.717) is 6.54 Å². The van der Waals surface area contributed by atoms with Crippen molar-refractivity contribution >= 4 is 11.6 Å². The molecule has 0 bridgehead atoms. The Morgan fingerprint density at radius 1 is 1.28 bits per heavy atom. The molecule has 0 aliphatic carbocycles. The van der Waals surface area contributed by atoms with Gasteiger partial charge in [-0.25, -0.2) is 9.97 Å². The van der Waals surface area contributed by atoms with Crippen LogP contribution < -0.4 is 10.6 Å². The summed E-state index contributed by atoms with van der Waals surface area (Å²) in [5.41, 5.74) is 0.988. The van der Waals surface area contributed by atoms with E-state index in [-0.39, 0.29) is 0 Å². The fraction of sp³-hybridized carbons (Fsp3) is 0.455. The molecule has 0 unspecified atom stereocenters. The summed E-state index contributed by atoms with van der Waals surface area (Å²) >= 11 is 0. The lowest BCUT2D eigenvalue weighted by atomic mass is 10.3. The number of nitrogens with zero attached hydrogens (tertiary/aromatic N) is 5. The first-order valence-corrected chi connectivity index (χ1v) is 5.86. The van der Waals surface area contributed by atoms with Crippen LogP contribution in [0.4, 0.5) is 11.6 Å². The molecule has 0 aliphatic rings. The number of nitrogens with one attached hydrogen (secondary N) is 2. The van der Waals surface area contributed by atoms with Crippen molar-refractivity contribution < 1.29 is 0 Å². The maximum atomic E-state index is 4.22. The van der Waals surface area contributed by atoms with Crippen molar-refractivity contribution in [1.29, 1.82) is 0 Å². The maximum Gasteiger partial charge on any atom is 0.152 e. The van der Waals surface area contributed by atoms with Gasteiger partial charge in [-0.2, -0.15) is 0 Å². The minimum Gasteiger partial charge on any atom is -0.373 e. The molecule has 2 N–H and O–H groups in total. The lowest BCUT2D eigenvalue weighted by molar-refractivity contribution is 0.707. The Labute approximate surface area is 106 Å². The van der Waals surface area contributed by atoms with Gasteiger partial charge in [-0.05, 0) is 13.8 Å². The Hall–Kier alpha value is -2.18. The van der Waals surface area contributed by atoms with Crippen molar-refractivity contribution in [2.45, 2.75) is 26.9 Å². The Bertz CT molecular complexity index is 520. The highest BCUT2D eigenvalue weighted by molar-refractivity contribution is 5.55. The van der Waals surface area contributed by atoms with E-state index in [2.05, 4.69) is 37.7 Å². The summed E-state index contributed by atoms with van der Waals surface area (Å²) in [6.45, 7) is 5.48. The SMILES string of the molecule is CCn1cnnc1CNc1ncnc(NC)c1C. The molecule has 0 radical (unpaired) electrons. The molecule has 0 aromatic carbocycles. The third kappa shape index (κ3) is 2.39. The minimum atomic E-state index is 0.592. The molecule has 0 saturated carbocycles. The van der Waals surface area contributed by atoms with E-state index < -0.39 is 0 Å². The van der Waals surface area contributed by atoms with Crippen LogP contribution in [0.1, 0.15) is 18.3 Å². The summed E-state index contributed by atoms with van der Waals surface area (Å²) in [5, 5.41) is 14.2. The molecule has 2 aromatic heterocycles. The Balaban J connectivity index is 2.11. The summed E-state index contributed by atoms with van der Waals surface area (Å²) < 4.78 is 1.99.